The Morgan fingerprint density at radius 3 is 2.78 bits per heavy atom. The zero-order valence-corrected chi connectivity index (χ0v) is 17.5. The number of aryl methyl sites for hydroxylation is 1. The van der Waals surface area contributed by atoms with E-state index in [9.17, 15) is 0 Å². The maximum absolute atomic E-state index is 6.26. The van der Waals surface area contributed by atoms with Crippen LogP contribution in [0.2, 0.25) is 10.0 Å². The minimum atomic E-state index is -0.508. The predicted molar refractivity (Wildman–Crippen MR) is 113 cm³/mol. The highest BCUT2D eigenvalue weighted by Gasteiger charge is 2.32. The summed E-state index contributed by atoms with van der Waals surface area (Å²) >= 11 is 13.7. The lowest BCUT2D eigenvalue weighted by molar-refractivity contribution is -0.00254. The molecule has 0 aliphatic rings. The Kier molecular flexibility index (Phi) is 7.33. The fraction of sp³-hybridized carbons (Fsp3) is 0.350. The standard InChI is InChI=1S/C20H23Cl2N3OS/c1-20(18-8-10-24-25-18,19-5-3-13-27-19)26-12-11-23-9-2-4-15-6-7-16(21)17(22)14-15/h3,5-8,10,13-14,23H,2,4,9,11-12H2,1H3,(H,24,25). The fourth-order valence-electron chi connectivity index (χ4n) is 2.92. The molecule has 7 heteroatoms. The normalized spacial score (nSPS) is 13.6. The highest BCUT2D eigenvalue weighted by molar-refractivity contribution is 7.10. The van der Waals surface area contributed by atoms with Crippen molar-refractivity contribution < 1.29 is 4.74 Å². The molecule has 0 saturated heterocycles. The minimum Gasteiger partial charge on any atom is -0.362 e. The molecule has 3 aromatic rings. The van der Waals surface area contributed by atoms with Crippen LogP contribution in [-0.2, 0) is 16.8 Å². The number of aromatic nitrogens is 2. The zero-order chi connectivity index (χ0) is 19.1. The summed E-state index contributed by atoms with van der Waals surface area (Å²) in [5, 5.41) is 13.8. The van der Waals surface area contributed by atoms with Gasteiger partial charge in [0.2, 0.25) is 0 Å². The van der Waals surface area contributed by atoms with E-state index in [0.717, 1.165) is 36.5 Å². The number of rotatable bonds is 10. The van der Waals surface area contributed by atoms with Gasteiger partial charge in [-0.25, -0.2) is 0 Å². The summed E-state index contributed by atoms with van der Waals surface area (Å²) < 4.78 is 6.26. The summed E-state index contributed by atoms with van der Waals surface area (Å²) in [6, 6.07) is 11.9. The molecule has 0 saturated carbocycles. The van der Waals surface area contributed by atoms with Crippen LogP contribution in [0, 0.1) is 0 Å². The zero-order valence-electron chi connectivity index (χ0n) is 15.2. The third kappa shape index (κ3) is 5.33. The molecule has 0 aliphatic carbocycles. The van der Waals surface area contributed by atoms with Gasteiger partial charge in [0.1, 0.15) is 5.60 Å². The molecule has 0 amide bonds. The Morgan fingerprint density at radius 2 is 2.07 bits per heavy atom. The summed E-state index contributed by atoms with van der Waals surface area (Å²) in [5.41, 5.74) is 1.66. The molecule has 0 fully saturated rings. The van der Waals surface area contributed by atoms with Crippen molar-refractivity contribution >= 4 is 34.5 Å². The van der Waals surface area contributed by atoms with E-state index in [2.05, 4.69) is 33.9 Å². The molecule has 1 unspecified atom stereocenters. The number of hydrogen-bond acceptors (Lipinski definition) is 4. The first-order valence-corrected chi connectivity index (χ1v) is 10.6. The first-order valence-electron chi connectivity index (χ1n) is 8.92. The molecule has 144 valence electrons. The van der Waals surface area contributed by atoms with Crippen molar-refractivity contribution in [3.05, 3.63) is 74.2 Å². The van der Waals surface area contributed by atoms with Gasteiger partial charge < -0.3 is 10.1 Å². The quantitative estimate of drug-likeness (QED) is 0.436. The van der Waals surface area contributed by atoms with Crippen LogP contribution in [0.25, 0.3) is 0 Å². The second-order valence-corrected chi connectivity index (χ2v) is 8.19. The maximum Gasteiger partial charge on any atom is 0.141 e. The molecular weight excluding hydrogens is 401 g/mol. The minimum absolute atomic E-state index is 0.508. The number of nitrogens with one attached hydrogen (secondary N) is 2. The third-order valence-electron chi connectivity index (χ3n) is 4.48. The number of benzene rings is 1. The van der Waals surface area contributed by atoms with E-state index in [4.69, 9.17) is 27.9 Å². The van der Waals surface area contributed by atoms with Crippen molar-refractivity contribution in [2.45, 2.75) is 25.4 Å². The van der Waals surface area contributed by atoms with Gasteiger partial charge in [0.25, 0.3) is 0 Å². The molecule has 4 nitrogen and oxygen atoms in total. The number of halogens is 2. The summed E-state index contributed by atoms with van der Waals surface area (Å²) in [7, 11) is 0. The Hall–Kier alpha value is -1.37. The van der Waals surface area contributed by atoms with E-state index in [1.54, 1.807) is 17.5 Å². The Labute approximate surface area is 173 Å². The Morgan fingerprint density at radius 1 is 1.19 bits per heavy atom. The van der Waals surface area contributed by atoms with Gasteiger partial charge in [0.15, 0.2) is 0 Å². The number of ether oxygens (including phenoxy) is 1. The van der Waals surface area contributed by atoms with Crippen molar-refractivity contribution in [2.75, 3.05) is 19.7 Å². The van der Waals surface area contributed by atoms with Gasteiger partial charge in [0.05, 0.1) is 22.3 Å². The van der Waals surface area contributed by atoms with Crippen molar-refractivity contribution in [1.29, 1.82) is 0 Å². The molecule has 2 heterocycles. The van der Waals surface area contributed by atoms with Crippen LogP contribution in [0.1, 0.15) is 29.5 Å². The van der Waals surface area contributed by atoms with E-state index >= 15 is 0 Å². The molecule has 3 rings (SSSR count). The van der Waals surface area contributed by atoms with Gasteiger partial charge in [-0.3, -0.25) is 5.10 Å². The lowest BCUT2D eigenvalue weighted by Gasteiger charge is -2.28. The van der Waals surface area contributed by atoms with Gasteiger partial charge in [0, 0.05) is 17.6 Å². The highest BCUT2D eigenvalue weighted by atomic mass is 35.5. The molecule has 2 N–H and O–H groups in total. The van der Waals surface area contributed by atoms with E-state index in [1.807, 2.05) is 30.3 Å². The maximum atomic E-state index is 6.26. The summed E-state index contributed by atoms with van der Waals surface area (Å²) in [4.78, 5) is 1.16. The molecule has 1 aromatic carbocycles. The van der Waals surface area contributed by atoms with E-state index < -0.39 is 5.60 Å². The van der Waals surface area contributed by atoms with E-state index in [-0.39, 0.29) is 0 Å². The second kappa shape index (κ2) is 9.71. The van der Waals surface area contributed by atoms with Crippen LogP contribution >= 0.6 is 34.5 Å². The lowest BCUT2D eigenvalue weighted by Crippen LogP contribution is -2.31. The Balaban J connectivity index is 1.41. The number of nitrogens with zero attached hydrogens (tertiary/aromatic N) is 1. The fourth-order valence-corrected chi connectivity index (χ4v) is 4.09. The number of H-pyrrole nitrogens is 1. The van der Waals surface area contributed by atoms with Crippen LogP contribution < -0.4 is 5.32 Å². The third-order valence-corrected chi connectivity index (χ3v) is 6.29. The molecule has 0 bridgehead atoms. The lowest BCUT2D eigenvalue weighted by atomic mass is 10.0. The molecule has 2 aromatic heterocycles. The molecule has 0 radical (unpaired) electrons. The number of hydrogen-bond donors (Lipinski definition) is 2. The molecule has 0 spiro atoms. The monoisotopic (exact) mass is 423 g/mol. The average molecular weight is 424 g/mol. The van der Waals surface area contributed by atoms with E-state index in [0.29, 0.717) is 16.7 Å². The largest absolute Gasteiger partial charge is 0.362 e. The van der Waals surface area contributed by atoms with Crippen molar-refractivity contribution in [1.82, 2.24) is 15.5 Å². The highest BCUT2D eigenvalue weighted by Crippen LogP contribution is 2.34. The molecular formula is C20H23Cl2N3OS. The van der Waals surface area contributed by atoms with Gasteiger partial charge in [-0.1, -0.05) is 35.3 Å². The second-order valence-electron chi connectivity index (χ2n) is 6.43. The van der Waals surface area contributed by atoms with Crippen LogP contribution in [0.4, 0.5) is 0 Å². The number of aromatic amines is 1. The molecule has 0 aliphatic heterocycles. The molecule has 27 heavy (non-hydrogen) atoms. The van der Waals surface area contributed by atoms with Gasteiger partial charge >= 0.3 is 0 Å². The van der Waals surface area contributed by atoms with Crippen molar-refractivity contribution in [3.63, 3.8) is 0 Å². The summed E-state index contributed by atoms with van der Waals surface area (Å²) in [6.45, 7) is 4.40. The smallest absolute Gasteiger partial charge is 0.141 e. The number of thiophene rings is 1. The van der Waals surface area contributed by atoms with Gasteiger partial charge in [-0.05, 0) is 61.5 Å². The van der Waals surface area contributed by atoms with Crippen LogP contribution in [-0.4, -0.2) is 29.9 Å². The summed E-state index contributed by atoms with van der Waals surface area (Å²) in [6.07, 6.45) is 3.75. The Bertz CT molecular complexity index is 788. The van der Waals surface area contributed by atoms with Crippen molar-refractivity contribution in [3.8, 4) is 0 Å². The summed E-state index contributed by atoms with van der Waals surface area (Å²) in [5.74, 6) is 0. The van der Waals surface area contributed by atoms with Crippen LogP contribution in [0.15, 0.2) is 48.0 Å². The predicted octanol–water partition coefficient (Wildman–Crippen LogP) is 5.28. The first kappa shape index (κ1) is 20.4. The van der Waals surface area contributed by atoms with Crippen LogP contribution in [0.5, 0.6) is 0 Å². The topological polar surface area (TPSA) is 49.9 Å². The van der Waals surface area contributed by atoms with Crippen molar-refractivity contribution in [2.24, 2.45) is 0 Å². The SMILES string of the molecule is CC(OCCNCCCc1ccc(Cl)c(Cl)c1)(c1ccn[nH]1)c1cccs1. The van der Waals surface area contributed by atoms with E-state index in [1.165, 1.54) is 5.56 Å². The van der Waals surface area contributed by atoms with Crippen LogP contribution in [0.3, 0.4) is 0 Å². The first-order chi connectivity index (χ1) is 13.1. The van der Waals surface area contributed by atoms with Gasteiger partial charge in [-0.15, -0.1) is 11.3 Å². The van der Waals surface area contributed by atoms with Gasteiger partial charge in [-0.2, -0.15) is 5.10 Å². The average Bonchev–Trinajstić information content (AvgIpc) is 3.38. The molecule has 1 atom stereocenters.